The number of anilines is 18. The van der Waals surface area contributed by atoms with Gasteiger partial charge in [-0.2, -0.15) is 0 Å². The maximum Gasteiger partial charge on any atom is 0.252 e. The summed E-state index contributed by atoms with van der Waals surface area (Å²) >= 11 is 0. The van der Waals surface area contributed by atoms with Gasteiger partial charge >= 0.3 is 0 Å². The van der Waals surface area contributed by atoms with Crippen LogP contribution in [-0.2, 0) is 0 Å². The van der Waals surface area contributed by atoms with Crippen LogP contribution in [0.4, 0.5) is 102 Å². The van der Waals surface area contributed by atoms with Crippen LogP contribution in [0.15, 0.2) is 522 Å². The van der Waals surface area contributed by atoms with Gasteiger partial charge in [0.15, 0.2) is 0 Å². The first-order valence-corrected chi connectivity index (χ1v) is 46.3. The van der Waals surface area contributed by atoms with Crippen molar-refractivity contribution in [2.45, 2.75) is 0 Å². The molecule has 0 fully saturated rings. The molecule has 0 bridgehead atoms. The third-order valence-electron chi connectivity index (χ3n) is 27.3. The summed E-state index contributed by atoms with van der Waals surface area (Å²) in [5.74, 6) is 0. The molecule has 0 amide bonds. The fourth-order valence-electron chi connectivity index (χ4n) is 21.7. The van der Waals surface area contributed by atoms with Gasteiger partial charge in [-0.15, -0.1) is 0 Å². The van der Waals surface area contributed by atoms with Crippen molar-refractivity contribution < 1.29 is 0 Å². The zero-order chi connectivity index (χ0) is 88.5. The fraction of sp³-hybridized carbons (Fsp3) is 0. The van der Waals surface area contributed by atoms with Gasteiger partial charge in [0.25, 0.3) is 13.4 Å². The first-order valence-electron chi connectivity index (χ1n) is 46.3. The quantitative estimate of drug-likeness (QED) is 0.0792. The molecule has 21 aromatic rings. The van der Waals surface area contributed by atoms with Crippen LogP contribution in [0.3, 0.4) is 0 Å². The molecule has 6 nitrogen and oxygen atoms in total. The number of hydrogen-bond acceptors (Lipinski definition) is 6. The zero-order valence-electron chi connectivity index (χ0n) is 73.5. The largest absolute Gasteiger partial charge is 0.311 e. The fourth-order valence-corrected chi connectivity index (χ4v) is 21.7. The van der Waals surface area contributed by atoms with Crippen molar-refractivity contribution in [1.82, 2.24) is 0 Å². The molecule has 0 aromatic heterocycles. The van der Waals surface area contributed by atoms with Crippen molar-refractivity contribution in [2.24, 2.45) is 0 Å². The van der Waals surface area contributed by atoms with Crippen molar-refractivity contribution in [3.05, 3.63) is 522 Å². The number of hydrogen-bond donors (Lipinski definition) is 0. The molecule has 8 heteroatoms. The number of nitrogens with zero attached hydrogens (tertiary/aromatic N) is 6. The highest BCUT2D eigenvalue weighted by atomic mass is 15.2. The summed E-state index contributed by atoms with van der Waals surface area (Å²) in [6.07, 6.45) is 0. The van der Waals surface area contributed by atoms with Crippen LogP contribution in [-0.4, -0.2) is 13.4 Å². The Balaban J connectivity index is 0.877. The predicted octanol–water partition coefficient (Wildman–Crippen LogP) is 30.1. The summed E-state index contributed by atoms with van der Waals surface area (Å²) in [7, 11) is 0. The Bertz CT molecular complexity index is 7900. The molecular formula is C126H86B2N6. The van der Waals surface area contributed by atoms with E-state index >= 15 is 0 Å². The molecule has 0 atom stereocenters. The van der Waals surface area contributed by atoms with E-state index in [0.717, 1.165) is 191 Å². The van der Waals surface area contributed by atoms with Crippen LogP contribution in [0, 0.1) is 0 Å². The SMILES string of the molecule is c1ccc(-c2ccccc2N(c2ccccc2)c2cc3c4c(c2)N(c2ccccc2-c2ccccc2)c2ccccc2B4c2cc4c(cc2N3c2ccccc2)N(c2c(-c3ccccc3)c(-c3ccccc3)cc(-c3ccccc3)c2-c2ccccc2)c2cc(N(c3ccccc3)c3ccccc3-c3ccccc3)cc3c2B4c2ccccc2N3c2ccccc2-c2ccccc2)cc1. The highest BCUT2D eigenvalue weighted by molar-refractivity contribution is 7.03. The molecule has 4 heterocycles. The molecule has 626 valence electrons. The number of benzene rings is 21. The normalized spacial score (nSPS) is 12.4. The molecule has 0 saturated heterocycles. The third-order valence-corrected chi connectivity index (χ3v) is 27.3. The Kier molecular flexibility index (Phi) is 19.7. The second-order valence-corrected chi connectivity index (χ2v) is 34.8. The molecule has 0 aliphatic carbocycles. The Labute approximate surface area is 783 Å². The second-order valence-electron chi connectivity index (χ2n) is 34.8. The van der Waals surface area contributed by atoms with Gasteiger partial charge in [-0.1, -0.05) is 413 Å². The van der Waals surface area contributed by atoms with Gasteiger partial charge < -0.3 is 29.4 Å². The monoisotopic (exact) mass is 1700 g/mol. The van der Waals surface area contributed by atoms with Crippen molar-refractivity contribution in [2.75, 3.05) is 29.4 Å². The van der Waals surface area contributed by atoms with Crippen molar-refractivity contribution in [3.8, 4) is 89.0 Å². The standard InChI is InChI=1S/C126H86B2N6/c1-12-46-87(47-13-1)100-68-34-40-74-110(100)129(95-62-28-9-29-63-95)98-80-118-124-119(81-98)132(112-76-42-36-70-102(112)89-50-16-3-17-51-89)114-78-44-38-72-106(114)127(124)108-85-109-117(86-116(108)131(118)97-66-32-11-33-67-97)134(126-122(93-58-24-7-25-59-93)104(91-54-20-5-21-55-91)84-105(92-56-22-6-23-57-92)123(126)94-60-26-8-27-61-94)121-83-99(130(96-64-30-10-31-65-96)111-75-41-35-69-101(111)88-48-14-2-15-49-88)82-120-125(121)128(109)107-73-39-45-79-115(107)133(120)113-77-43-37-71-103(113)90-52-18-4-19-53-90/h1-86H. The first kappa shape index (κ1) is 78.8. The smallest absolute Gasteiger partial charge is 0.252 e. The summed E-state index contributed by atoms with van der Waals surface area (Å²) in [5.41, 5.74) is 43.5. The number of para-hydroxylation sites is 9. The number of rotatable bonds is 18. The van der Waals surface area contributed by atoms with Crippen molar-refractivity contribution in [3.63, 3.8) is 0 Å². The van der Waals surface area contributed by atoms with Gasteiger partial charge in [0.1, 0.15) is 0 Å². The minimum Gasteiger partial charge on any atom is -0.311 e. The van der Waals surface area contributed by atoms with Gasteiger partial charge in [0.05, 0.1) is 39.8 Å². The van der Waals surface area contributed by atoms with Gasteiger partial charge in [-0.3, -0.25) is 0 Å². The lowest BCUT2D eigenvalue weighted by Gasteiger charge is -2.48. The van der Waals surface area contributed by atoms with E-state index in [4.69, 9.17) is 0 Å². The van der Waals surface area contributed by atoms with E-state index in [9.17, 15) is 0 Å². The second kappa shape index (κ2) is 33.6. The Morgan fingerprint density at radius 2 is 0.425 bits per heavy atom. The zero-order valence-corrected chi connectivity index (χ0v) is 73.5. The van der Waals surface area contributed by atoms with Crippen molar-refractivity contribution in [1.29, 1.82) is 0 Å². The van der Waals surface area contributed by atoms with Gasteiger partial charge in [-0.05, 0) is 198 Å². The lowest BCUT2D eigenvalue weighted by atomic mass is 9.30. The van der Waals surface area contributed by atoms with Gasteiger partial charge in [0, 0.05) is 95.9 Å². The van der Waals surface area contributed by atoms with E-state index in [0.29, 0.717) is 0 Å². The summed E-state index contributed by atoms with van der Waals surface area (Å²) < 4.78 is 0. The molecule has 134 heavy (non-hydrogen) atoms. The van der Waals surface area contributed by atoms with Crippen LogP contribution in [0.1, 0.15) is 0 Å². The van der Waals surface area contributed by atoms with Crippen LogP contribution in [0.25, 0.3) is 89.0 Å². The van der Waals surface area contributed by atoms with E-state index in [1.807, 2.05) is 0 Å². The van der Waals surface area contributed by atoms with E-state index in [1.54, 1.807) is 0 Å². The summed E-state index contributed by atoms with van der Waals surface area (Å²) in [6, 6.07) is 195. The molecule has 0 saturated carbocycles. The van der Waals surface area contributed by atoms with Crippen LogP contribution >= 0.6 is 0 Å². The van der Waals surface area contributed by atoms with E-state index in [-0.39, 0.29) is 6.71 Å². The van der Waals surface area contributed by atoms with Crippen LogP contribution in [0.5, 0.6) is 0 Å². The molecule has 4 aliphatic heterocycles. The Morgan fingerprint density at radius 3 is 0.799 bits per heavy atom. The maximum atomic E-state index is 2.79. The Morgan fingerprint density at radius 1 is 0.157 bits per heavy atom. The van der Waals surface area contributed by atoms with Crippen LogP contribution < -0.4 is 62.2 Å². The first-order chi connectivity index (χ1) is 66.6. The predicted molar refractivity (Wildman–Crippen MR) is 567 cm³/mol. The molecule has 0 unspecified atom stereocenters. The minimum atomic E-state index is -0.402. The van der Waals surface area contributed by atoms with E-state index < -0.39 is 6.71 Å². The van der Waals surface area contributed by atoms with Crippen molar-refractivity contribution >= 4 is 149 Å². The summed E-state index contributed by atoms with van der Waals surface area (Å²) in [4.78, 5) is 15.7. The third kappa shape index (κ3) is 13.4. The molecule has 4 aliphatic rings. The lowest BCUT2D eigenvalue weighted by molar-refractivity contribution is 1.21. The molecule has 0 N–H and O–H groups in total. The number of fused-ring (bicyclic) bond motifs is 8. The maximum absolute atomic E-state index is 2.79. The van der Waals surface area contributed by atoms with E-state index in [1.165, 1.54) is 32.8 Å². The average Bonchev–Trinajstić information content (AvgIpc) is 0.676. The molecule has 0 spiro atoms. The molecular weight excluding hydrogens is 1620 g/mol. The topological polar surface area (TPSA) is 19.4 Å². The van der Waals surface area contributed by atoms with E-state index in [2.05, 4.69) is 551 Å². The summed E-state index contributed by atoms with van der Waals surface area (Å²) in [6.45, 7) is -0.757. The highest BCUT2D eigenvalue weighted by Crippen LogP contribution is 2.60. The van der Waals surface area contributed by atoms with Crippen LogP contribution in [0.2, 0.25) is 0 Å². The Hall–Kier alpha value is -17.5. The molecule has 25 rings (SSSR count). The average molecular weight is 1710 g/mol. The van der Waals surface area contributed by atoms with Gasteiger partial charge in [0.2, 0.25) is 0 Å². The summed E-state index contributed by atoms with van der Waals surface area (Å²) in [5, 5.41) is 0. The minimum absolute atomic E-state index is 0.354. The lowest BCUT2D eigenvalue weighted by Crippen LogP contribution is -2.65. The highest BCUT2D eigenvalue weighted by Gasteiger charge is 2.51. The molecule has 0 radical (unpaired) electrons. The van der Waals surface area contributed by atoms with Gasteiger partial charge in [-0.25, -0.2) is 0 Å². The molecule has 21 aromatic carbocycles.